The first-order valence-corrected chi connectivity index (χ1v) is 4.96. The summed E-state index contributed by atoms with van der Waals surface area (Å²) in [6.45, 7) is 9.39. The zero-order valence-electron chi connectivity index (χ0n) is 8.82. The van der Waals surface area contributed by atoms with Crippen LogP contribution in [0, 0.1) is 20.8 Å². The molecule has 0 aliphatic heterocycles. The van der Waals surface area contributed by atoms with Crippen molar-refractivity contribution in [2.24, 2.45) is 0 Å². The molecule has 1 N–H and O–H groups in total. The molecule has 1 aromatic carbocycles. The summed E-state index contributed by atoms with van der Waals surface area (Å²) >= 11 is 6.15. The smallest absolute Gasteiger partial charge is 0.122 e. The number of hydrogen-bond donors (Lipinski definition) is 1. The zero-order chi connectivity index (χ0) is 10.9. The standard InChI is InChI=1S/C12H15ClO/c1-5-6-10-9(4)11(13)7(2)8(3)12(10)14/h5,14H,1,6H2,2-4H3. The summed E-state index contributed by atoms with van der Waals surface area (Å²) in [4.78, 5) is 0. The molecule has 0 heterocycles. The Labute approximate surface area is 90.0 Å². The van der Waals surface area contributed by atoms with Gasteiger partial charge in [-0.05, 0) is 43.9 Å². The first kappa shape index (κ1) is 11.1. The van der Waals surface area contributed by atoms with Gasteiger partial charge in [0.15, 0.2) is 0 Å². The van der Waals surface area contributed by atoms with Crippen LogP contribution in [0.4, 0.5) is 0 Å². The molecule has 0 amide bonds. The van der Waals surface area contributed by atoms with E-state index in [1.54, 1.807) is 6.08 Å². The van der Waals surface area contributed by atoms with Crippen LogP contribution in [0.15, 0.2) is 12.7 Å². The fourth-order valence-corrected chi connectivity index (χ4v) is 1.81. The van der Waals surface area contributed by atoms with E-state index in [1.807, 2.05) is 20.8 Å². The third kappa shape index (κ3) is 1.64. The van der Waals surface area contributed by atoms with Gasteiger partial charge in [0, 0.05) is 10.6 Å². The van der Waals surface area contributed by atoms with E-state index >= 15 is 0 Å². The third-order valence-corrected chi connectivity index (χ3v) is 3.23. The summed E-state index contributed by atoms with van der Waals surface area (Å²) < 4.78 is 0. The van der Waals surface area contributed by atoms with Gasteiger partial charge in [0.05, 0.1) is 0 Å². The van der Waals surface area contributed by atoms with Crippen LogP contribution in [0.1, 0.15) is 22.3 Å². The van der Waals surface area contributed by atoms with Gasteiger partial charge < -0.3 is 5.11 Å². The molecule has 0 aliphatic rings. The molecule has 1 rings (SSSR count). The highest BCUT2D eigenvalue weighted by molar-refractivity contribution is 6.32. The maximum Gasteiger partial charge on any atom is 0.122 e. The summed E-state index contributed by atoms with van der Waals surface area (Å²) in [7, 11) is 0. The van der Waals surface area contributed by atoms with Crippen molar-refractivity contribution < 1.29 is 5.11 Å². The Hall–Kier alpha value is -0.950. The second-order valence-corrected chi connectivity index (χ2v) is 3.89. The van der Waals surface area contributed by atoms with Gasteiger partial charge in [-0.3, -0.25) is 0 Å². The largest absolute Gasteiger partial charge is 0.507 e. The maximum atomic E-state index is 9.91. The van der Waals surface area contributed by atoms with Crippen LogP contribution < -0.4 is 0 Å². The molecule has 0 aliphatic carbocycles. The number of benzene rings is 1. The minimum Gasteiger partial charge on any atom is -0.507 e. The van der Waals surface area contributed by atoms with Gasteiger partial charge in [-0.1, -0.05) is 17.7 Å². The number of halogens is 1. The molecule has 0 saturated carbocycles. The first-order valence-electron chi connectivity index (χ1n) is 4.58. The topological polar surface area (TPSA) is 20.2 Å². The Morgan fingerprint density at radius 2 is 1.79 bits per heavy atom. The highest BCUT2D eigenvalue weighted by Gasteiger charge is 2.14. The number of phenols is 1. The second kappa shape index (κ2) is 4.05. The van der Waals surface area contributed by atoms with Crippen molar-refractivity contribution in [3.8, 4) is 5.75 Å². The highest BCUT2D eigenvalue weighted by Crippen LogP contribution is 2.35. The van der Waals surface area contributed by atoms with Crippen LogP contribution in [0.2, 0.25) is 5.02 Å². The Morgan fingerprint density at radius 1 is 1.21 bits per heavy atom. The number of hydrogen-bond acceptors (Lipinski definition) is 1. The predicted molar refractivity (Wildman–Crippen MR) is 61.2 cm³/mol. The first-order chi connectivity index (χ1) is 6.50. The highest BCUT2D eigenvalue weighted by atomic mass is 35.5. The Balaban J connectivity index is 3.50. The van der Waals surface area contributed by atoms with Gasteiger partial charge >= 0.3 is 0 Å². The quantitative estimate of drug-likeness (QED) is 0.738. The van der Waals surface area contributed by atoms with Crippen molar-refractivity contribution in [1.82, 2.24) is 0 Å². The minimum absolute atomic E-state index is 0.351. The van der Waals surface area contributed by atoms with E-state index in [0.717, 1.165) is 27.3 Å². The predicted octanol–water partition coefficient (Wildman–Crippen LogP) is 3.70. The Kier molecular flexibility index (Phi) is 3.22. The molecule has 0 spiro atoms. The van der Waals surface area contributed by atoms with Gasteiger partial charge in [0.1, 0.15) is 5.75 Å². The summed E-state index contributed by atoms with van der Waals surface area (Å²) in [6.07, 6.45) is 2.42. The normalized spacial score (nSPS) is 10.3. The SMILES string of the molecule is C=CCc1c(C)c(Cl)c(C)c(C)c1O. The van der Waals surface area contributed by atoms with Crippen LogP contribution in [-0.2, 0) is 6.42 Å². The lowest BCUT2D eigenvalue weighted by Gasteiger charge is -2.14. The van der Waals surface area contributed by atoms with E-state index in [2.05, 4.69) is 6.58 Å². The molecule has 0 aromatic heterocycles. The number of allylic oxidation sites excluding steroid dienone is 1. The van der Waals surface area contributed by atoms with Crippen LogP contribution in [0.5, 0.6) is 5.75 Å². The Bertz CT molecular complexity index is 351. The van der Waals surface area contributed by atoms with E-state index < -0.39 is 0 Å². The molecule has 0 bridgehead atoms. The summed E-state index contributed by atoms with van der Waals surface area (Å²) in [5.74, 6) is 0.351. The second-order valence-electron chi connectivity index (χ2n) is 3.51. The maximum absolute atomic E-state index is 9.91. The molecule has 2 heteroatoms. The zero-order valence-corrected chi connectivity index (χ0v) is 9.57. The van der Waals surface area contributed by atoms with Gasteiger partial charge in [-0.15, -0.1) is 6.58 Å². The molecule has 14 heavy (non-hydrogen) atoms. The van der Waals surface area contributed by atoms with Crippen LogP contribution in [0.25, 0.3) is 0 Å². The molecule has 76 valence electrons. The van der Waals surface area contributed by atoms with Gasteiger partial charge in [-0.2, -0.15) is 0 Å². The van der Waals surface area contributed by atoms with Crippen molar-refractivity contribution >= 4 is 11.6 Å². The molecular weight excluding hydrogens is 196 g/mol. The summed E-state index contributed by atoms with van der Waals surface area (Å²) in [6, 6.07) is 0. The van der Waals surface area contributed by atoms with Gasteiger partial charge in [-0.25, -0.2) is 0 Å². The van der Waals surface area contributed by atoms with E-state index in [-0.39, 0.29) is 0 Å². The molecule has 1 aromatic rings. The van der Waals surface area contributed by atoms with Crippen molar-refractivity contribution in [2.45, 2.75) is 27.2 Å². The van der Waals surface area contributed by atoms with Gasteiger partial charge in [0.2, 0.25) is 0 Å². The molecule has 0 radical (unpaired) electrons. The molecular formula is C12H15ClO. The number of phenolic OH excluding ortho intramolecular Hbond substituents is 1. The molecule has 0 saturated heterocycles. The monoisotopic (exact) mass is 210 g/mol. The van der Waals surface area contributed by atoms with Crippen molar-refractivity contribution in [3.63, 3.8) is 0 Å². The van der Waals surface area contributed by atoms with Crippen LogP contribution in [-0.4, -0.2) is 5.11 Å². The fourth-order valence-electron chi connectivity index (χ4n) is 1.55. The fraction of sp³-hybridized carbons (Fsp3) is 0.333. The average molecular weight is 211 g/mol. The molecule has 0 unspecified atom stereocenters. The average Bonchev–Trinajstić information content (AvgIpc) is 2.19. The Morgan fingerprint density at radius 3 is 2.29 bits per heavy atom. The summed E-state index contributed by atoms with van der Waals surface area (Å²) in [5.41, 5.74) is 3.65. The van der Waals surface area contributed by atoms with E-state index in [4.69, 9.17) is 11.6 Å². The molecule has 1 nitrogen and oxygen atoms in total. The number of rotatable bonds is 2. The lowest BCUT2D eigenvalue weighted by molar-refractivity contribution is 0.464. The van der Waals surface area contributed by atoms with E-state index in [0.29, 0.717) is 12.2 Å². The van der Waals surface area contributed by atoms with Gasteiger partial charge in [0.25, 0.3) is 0 Å². The lowest BCUT2D eigenvalue weighted by atomic mass is 9.97. The van der Waals surface area contributed by atoms with Crippen molar-refractivity contribution in [2.75, 3.05) is 0 Å². The van der Waals surface area contributed by atoms with Crippen molar-refractivity contribution in [3.05, 3.63) is 39.9 Å². The molecule has 0 atom stereocenters. The molecule has 0 fully saturated rings. The number of aromatic hydroxyl groups is 1. The van der Waals surface area contributed by atoms with E-state index in [1.165, 1.54) is 0 Å². The minimum atomic E-state index is 0.351. The lowest BCUT2D eigenvalue weighted by Crippen LogP contribution is -1.95. The third-order valence-electron chi connectivity index (χ3n) is 2.66. The van der Waals surface area contributed by atoms with E-state index in [9.17, 15) is 5.11 Å². The van der Waals surface area contributed by atoms with Crippen LogP contribution >= 0.6 is 11.6 Å². The van der Waals surface area contributed by atoms with Crippen molar-refractivity contribution in [1.29, 1.82) is 0 Å². The summed E-state index contributed by atoms with van der Waals surface area (Å²) in [5, 5.41) is 10.7. The van der Waals surface area contributed by atoms with Crippen LogP contribution in [0.3, 0.4) is 0 Å².